The van der Waals surface area contributed by atoms with Crippen molar-refractivity contribution in [3.8, 4) is 5.75 Å². The van der Waals surface area contributed by atoms with Crippen molar-refractivity contribution in [2.75, 3.05) is 11.9 Å². The Morgan fingerprint density at radius 2 is 1.74 bits per heavy atom. The van der Waals surface area contributed by atoms with Gasteiger partial charge < -0.3 is 10.1 Å². The van der Waals surface area contributed by atoms with E-state index in [2.05, 4.69) is 49.4 Å². The zero-order valence-electron chi connectivity index (χ0n) is 15.1. The number of anilines is 1. The molecule has 0 saturated carbocycles. The summed E-state index contributed by atoms with van der Waals surface area (Å²) in [5.74, 6) is 0.244. The number of rotatable bonds is 8. The van der Waals surface area contributed by atoms with E-state index in [1.807, 2.05) is 30.3 Å². The molecule has 2 aromatic rings. The van der Waals surface area contributed by atoms with Crippen molar-refractivity contribution in [3.05, 3.63) is 57.0 Å². The van der Waals surface area contributed by atoms with Crippen molar-refractivity contribution in [1.29, 1.82) is 0 Å². The van der Waals surface area contributed by atoms with Gasteiger partial charge in [-0.3, -0.25) is 10.1 Å². The van der Waals surface area contributed by atoms with E-state index in [0.717, 1.165) is 27.5 Å². The molecule has 27 heavy (non-hydrogen) atoms. The third-order valence-electron chi connectivity index (χ3n) is 3.77. The van der Waals surface area contributed by atoms with Gasteiger partial charge in [-0.25, -0.2) is 0 Å². The van der Waals surface area contributed by atoms with Crippen LogP contribution < -0.4 is 15.4 Å². The number of hydrogen-bond donors (Lipinski definition) is 2. The van der Waals surface area contributed by atoms with E-state index in [-0.39, 0.29) is 11.0 Å². The monoisotopic (exact) mass is 512 g/mol. The third-order valence-corrected chi connectivity index (χ3v) is 5.00. The summed E-state index contributed by atoms with van der Waals surface area (Å²) in [6.45, 7) is 2.76. The molecule has 4 nitrogen and oxygen atoms in total. The van der Waals surface area contributed by atoms with Gasteiger partial charge in [0.05, 0.1) is 12.2 Å². The van der Waals surface area contributed by atoms with E-state index >= 15 is 0 Å². The van der Waals surface area contributed by atoms with Crippen LogP contribution in [0.3, 0.4) is 0 Å². The molecule has 144 valence electrons. The molecule has 0 spiro atoms. The number of ether oxygens (including phenoxy) is 1. The molecule has 0 aliphatic rings. The number of unbranched alkanes of at least 4 members (excludes halogenated alkanes) is 3. The van der Waals surface area contributed by atoms with Gasteiger partial charge in [-0.1, -0.05) is 58.0 Å². The summed E-state index contributed by atoms with van der Waals surface area (Å²) >= 11 is 12.0. The highest BCUT2D eigenvalue weighted by atomic mass is 79.9. The molecule has 7 heteroatoms. The Kier molecular flexibility index (Phi) is 9.24. The lowest BCUT2D eigenvalue weighted by Crippen LogP contribution is -2.34. The van der Waals surface area contributed by atoms with Crippen LogP contribution in [0.5, 0.6) is 5.75 Å². The molecule has 2 rings (SSSR count). The summed E-state index contributed by atoms with van der Waals surface area (Å²) in [6, 6.07) is 12.9. The van der Waals surface area contributed by atoms with Crippen molar-refractivity contribution in [2.45, 2.75) is 32.6 Å². The topological polar surface area (TPSA) is 50.4 Å². The van der Waals surface area contributed by atoms with Crippen LogP contribution in [0.25, 0.3) is 0 Å². The molecule has 0 unspecified atom stereocenters. The predicted molar refractivity (Wildman–Crippen MR) is 122 cm³/mol. The van der Waals surface area contributed by atoms with Crippen molar-refractivity contribution in [2.24, 2.45) is 0 Å². The quantitative estimate of drug-likeness (QED) is 0.321. The first-order chi connectivity index (χ1) is 13.0. The molecule has 0 fully saturated rings. The average molecular weight is 514 g/mol. The Hall–Kier alpha value is -1.44. The number of benzene rings is 2. The lowest BCUT2D eigenvalue weighted by Gasteiger charge is -2.13. The minimum Gasteiger partial charge on any atom is -0.493 e. The molecular formula is C20H22Br2N2O2S. The minimum absolute atomic E-state index is 0.233. The third kappa shape index (κ3) is 7.60. The Morgan fingerprint density at radius 3 is 2.44 bits per heavy atom. The SMILES string of the molecule is CCCCCCOc1ccc(Br)cc1C(=O)NC(=S)Nc1ccc(Br)cc1. The molecule has 2 aromatic carbocycles. The van der Waals surface area contributed by atoms with Gasteiger partial charge in [-0.15, -0.1) is 0 Å². The number of amides is 1. The first kappa shape index (κ1) is 21.9. The van der Waals surface area contributed by atoms with E-state index in [4.69, 9.17) is 17.0 Å². The Morgan fingerprint density at radius 1 is 1.04 bits per heavy atom. The van der Waals surface area contributed by atoms with Gasteiger partial charge >= 0.3 is 0 Å². The molecule has 0 aliphatic heterocycles. The van der Waals surface area contributed by atoms with E-state index in [1.165, 1.54) is 12.8 Å². The summed E-state index contributed by atoms with van der Waals surface area (Å²) in [4.78, 5) is 12.7. The van der Waals surface area contributed by atoms with Crippen LogP contribution in [-0.2, 0) is 0 Å². The van der Waals surface area contributed by atoms with E-state index in [0.29, 0.717) is 17.9 Å². The maximum absolute atomic E-state index is 12.7. The predicted octanol–water partition coefficient (Wildman–Crippen LogP) is 6.30. The van der Waals surface area contributed by atoms with E-state index < -0.39 is 0 Å². The molecule has 0 atom stereocenters. The zero-order valence-corrected chi connectivity index (χ0v) is 19.0. The van der Waals surface area contributed by atoms with Crippen LogP contribution >= 0.6 is 44.1 Å². The minimum atomic E-state index is -0.311. The molecule has 0 aliphatic carbocycles. The fourth-order valence-corrected chi connectivity index (χ4v) is 3.22. The summed E-state index contributed by atoms with van der Waals surface area (Å²) < 4.78 is 7.60. The smallest absolute Gasteiger partial charge is 0.261 e. The molecule has 1 amide bonds. The van der Waals surface area contributed by atoms with Gasteiger partial charge in [0.15, 0.2) is 5.11 Å². The number of halogens is 2. The highest BCUT2D eigenvalue weighted by Gasteiger charge is 2.15. The largest absolute Gasteiger partial charge is 0.493 e. The lowest BCUT2D eigenvalue weighted by atomic mass is 10.2. The standard InChI is InChI=1S/C20H22Br2N2O2S/c1-2-3-4-5-12-26-18-11-8-15(22)13-17(18)19(25)24-20(27)23-16-9-6-14(21)7-10-16/h6-11,13H,2-5,12H2,1H3,(H2,23,24,25,27). The first-order valence-electron chi connectivity index (χ1n) is 8.80. The van der Waals surface area contributed by atoms with E-state index in [9.17, 15) is 4.79 Å². The molecular weight excluding hydrogens is 492 g/mol. The number of carbonyl (C=O) groups is 1. The fourth-order valence-electron chi connectivity index (χ4n) is 2.38. The highest BCUT2D eigenvalue weighted by Crippen LogP contribution is 2.24. The Bertz CT molecular complexity index is 782. The highest BCUT2D eigenvalue weighted by molar-refractivity contribution is 9.10. The van der Waals surface area contributed by atoms with Crippen LogP contribution in [-0.4, -0.2) is 17.6 Å². The summed E-state index contributed by atoms with van der Waals surface area (Å²) in [6.07, 6.45) is 4.45. The molecule has 0 bridgehead atoms. The summed E-state index contributed by atoms with van der Waals surface area (Å²) in [5.41, 5.74) is 1.24. The Labute approximate surface area is 182 Å². The van der Waals surface area contributed by atoms with Gasteiger partial charge in [-0.2, -0.15) is 0 Å². The molecule has 0 heterocycles. The number of thiocarbonyl (C=S) groups is 1. The number of carbonyl (C=O) groups excluding carboxylic acids is 1. The lowest BCUT2D eigenvalue weighted by molar-refractivity contribution is 0.0973. The first-order valence-corrected chi connectivity index (χ1v) is 10.8. The molecule has 0 radical (unpaired) electrons. The Balaban J connectivity index is 1.98. The van der Waals surface area contributed by atoms with Crippen molar-refractivity contribution >= 4 is 60.8 Å². The second-order valence-electron chi connectivity index (χ2n) is 5.96. The van der Waals surface area contributed by atoms with Crippen molar-refractivity contribution in [3.63, 3.8) is 0 Å². The molecule has 0 saturated heterocycles. The van der Waals surface area contributed by atoms with E-state index in [1.54, 1.807) is 12.1 Å². The molecule has 2 N–H and O–H groups in total. The van der Waals surface area contributed by atoms with Crippen molar-refractivity contribution < 1.29 is 9.53 Å². The van der Waals surface area contributed by atoms with Gasteiger partial charge in [0, 0.05) is 14.6 Å². The van der Waals surface area contributed by atoms with Crippen molar-refractivity contribution in [1.82, 2.24) is 5.32 Å². The van der Waals surface area contributed by atoms with Crippen LogP contribution in [0.1, 0.15) is 43.0 Å². The second kappa shape index (κ2) is 11.4. The normalized spacial score (nSPS) is 10.3. The van der Waals surface area contributed by atoms with Gasteiger partial charge in [0.2, 0.25) is 0 Å². The number of hydrogen-bond acceptors (Lipinski definition) is 3. The van der Waals surface area contributed by atoms with Gasteiger partial charge in [0.25, 0.3) is 5.91 Å². The van der Waals surface area contributed by atoms with Crippen LogP contribution in [0, 0.1) is 0 Å². The second-order valence-corrected chi connectivity index (χ2v) is 8.20. The van der Waals surface area contributed by atoms with Gasteiger partial charge in [-0.05, 0) is 61.1 Å². The maximum atomic E-state index is 12.7. The summed E-state index contributed by atoms with van der Waals surface area (Å²) in [7, 11) is 0. The summed E-state index contributed by atoms with van der Waals surface area (Å²) in [5, 5.41) is 5.94. The van der Waals surface area contributed by atoms with Gasteiger partial charge in [0.1, 0.15) is 5.75 Å². The number of nitrogens with one attached hydrogen (secondary N) is 2. The molecule has 0 aromatic heterocycles. The average Bonchev–Trinajstić information content (AvgIpc) is 2.64. The van der Waals surface area contributed by atoms with Crippen LogP contribution in [0.2, 0.25) is 0 Å². The fraction of sp³-hybridized carbons (Fsp3) is 0.300. The van der Waals surface area contributed by atoms with Crippen LogP contribution in [0.15, 0.2) is 51.4 Å². The van der Waals surface area contributed by atoms with Crippen LogP contribution in [0.4, 0.5) is 5.69 Å². The maximum Gasteiger partial charge on any atom is 0.261 e. The zero-order chi connectivity index (χ0) is 19.6.